The second-order valence-electron chi connectivity index (χ2n) is 5.17. The number of nitrogens with one attached hydrogen (secondary N) is 1. The smallest absolute Gasteiger partial charge is 0.0478 e. The van der Waals surface area contributed by atoms with Gasteiger partial charge in [-0.05, 0) is 55.0 Å². The lowest BCUT2D eigenvalue weighted by Gasteiger charge is -2.33. The van der Waals surface area contributed by atoms with Crippen molar-refractivity contribution in [1.29, 1.82) is 0 Å². The maximum absolute atomic E-state index is 3.57. The van der Waals surface area contributed by atoms with E-state index in [4.69, 9.17) is 0 Å². The van der Waals surface area contributed by atoms with Gasteiger partial charge in [0.2, 0.25) is 0 Å². The highest BCUT2D eigenvalue weighted by molar-refractivity contribution is 8.00. The van der Waals surface area contributed by atoms with Gasteiger partial charge in [-0.2, -0.15) is 11.8 Å². The fraction of sp³-hybridized carbons (Fsp3) is 0.467. The van der Waals surface area contributed by atoms with E-state index in [0.717, 1.165) is 0 Å². The highest BCUT2D eigenvalue weighted by Crippen LogP contribution is 2.48. The SMILES string of the molecule is CNC(c1cccc2ccsc12)C1(C)CCCS1. The monoisotopic (exact) mass is 277 g/mol. The minimum Gasteiger partial charge on any atom is -0.312 e. The Morgan fingerprint density at radius 3 is 2.94 bits per heavy atom. The van der Waals surface area contributed by atoms with Gasteiger partial charge in [0.25, 0.3) is 0 Å². The van der Waals surface area contributed by atoms with Crippen molar-refractivity contribution in [1.82, 2.24) is 5.32 Å². The fourth-order valence-electron chi connectivity index (χ4n) is 3.06. The van der Waals surface area contributed by atoms with Crippen molar-refractivity contribution in [2.75, 3.05) is 12.8 Å². The highest BCUT2D eigenvalue weighted by atomic mass is 32.2. The van der Waals surface area contributed by atoms with Gasteiger partial charge in [-0.3, -0.25) is 0 Å². The van der Waals surface area contributed by atoms with Crippen LogP contribution in [0.1, 0.15) is 31.4 Å². The molecule has 1 nitrogen and oxygen atoms in total. The van der Waals surface area contributed by atoms with Gasteiger partial charge < -0.3 is 5.32 Å². The van der Waals surface area contributed by atoms with Crippen molar-refractivity contribution in [2.24, 2.45) is 0 Å². The van der Waals surface area contributed by atoms with Crippen molar-refractivity contribution in [3.8, 4) is 0 Å². The Hall–Kier alpha value is -0.510. The first-order chi connectivity index (χ1) is 8.74. The van der Waals surface area contributed by atoms with Crippen LogP contribution < -0.4 is 5.32 Å². The lowest BCUT2D eigenvalue weighted by molar-refractivity contribution is 0.443. The Kier molecular flexibility index (Phi) is 3.39. The number of thioether (sulfide) groups is 1. The molecule has 2 atom stereocenters. The van der Waals surface area contributed by atoms with Crippen molar-refractivity contribution in [2.45, 2.75) is 30.6 Å². The topological polar surface area (TPSA) is 12.0 Å². The third-order valence-corrected chi connectivity index (χ3v) is 6.54. The Bertz CT molecular complexity index is 540. The first-order valence-corrected chi connectivity index (χ1v) is 8.38. The summed E-state index contributed by atoms with van der Waals surface area (Å²) in [5.74, 6) is 1.30. The molecule has 1 aromatic heterocycles. The van der Waals surface area contributed by atoms with E-state index in [2.05, 4.69) is 60.7 Å². The van der Waals surface area contributed by atoms with Gasteiger partial charge in [-0.1, -0.05) is 18.2 Å². The predicted octanol–water partition coefficient (Wildman–Crippen LogP) is 4.45. The Morgan fingerprint density at radius 1 is 1.33 bits per heavy atom. The second-order valence-corrected chi connectivity index (χ2v) is 7.72. The van der Waals surface area contributed by atoms with E-state index in [-0.39, 0.29) is 0 Å². The lowest BCUT2D eigenvalue weighted by Crippen LogP contribution is -2.35. The Labute approximate surface area is 117 Å². The van der Waals surface area contributed by atoms with Gasteiger partial charge in [0.05, 0.1) is 0 Å². The van der Waals surface area contributed by atoms with E-state index in [0.29, 0.717) is 10.8 Å². The third kappa shape index (κ3) is 1.98. The zero-order valence-corrected chi connectivity index (χ0v) is 12.5. The summed E-state index contributed by atoms with van der Waals surface area (Å²) < 4.78 is 1.79. The summed E-state index contributed by atoms with van der Waals surface area (Å²) in [7, 11) is 2.10. The first-order valence-electron chi connectivity index (χ1n) is 6.52. The minimum atomic E-state index is 0.340. The largest absolute Gasteiger partial charge is 0.312 e. The molecule has 1 aliphatic heterocycles. The molecule has 3 rings (SSSR count). The summed E-state index contributed by atoms with van der Waals surface area (Å²) >= 11 is 3.99. The van der Waals surface area contributed by atoms with Crippen molar-refractivity contribution in [3.63, 3.8) is 0 Å². The molecule has 1 fully saturated rings. The molecule has 1 aromatic carbocycles. The maximum Gasteiger partial charge on any atom is 0.0478 e. The van der Waals surface area contributed by atoms with E-state index >= 15 is 0 Å². The molecular formula is C15H19NS2. The van der Waals surface area contributed by atoms with Crippen molar-refractivity contribution < 1.29 is 0 Å². The first kappa shape index (κ1) is 12.5. The van der Waals surface area contributed by atoms with Crippen LogP contribution in [0.4, 0.5) is 0 Å². The Balaban J connectivity index is 2.08. The number of benzene rings is 1. The van der Waals surface area contributed by atoms with Crippen LogP contribution in [0.15, 0.2) is 29.6 Å². The molecule has 2 unspecified atom stereocenters. The number of fused-ring (bicyclic) bond motifs is 1. The highest BCUT2D eigenvalue weighted by Gasteiger charge is 2.38. The molecule has 3 heteroatoms. The second kappa shape index (κ2) is 4.87. The van der Waals surface area contributed by atoms with Crippen LogP contribution in [-0.2, 0) is 0 Å². The summed E-state index contributed by atoms with van der Waals surface area (Å²) in [5.41, 5.74) is 1.47. The molecule has 0 spiro atoms. The lowest BCUT2D eigenvalue weighted by atomic mass is 9.90. The van der Waals surface area contributed by atoms with Crippen LogP contribution in [0.3, 0.4) is 0 Å². The molecular weight excluding hydrogens is 258 g/mol. The number of thiophene rings is 1. The molecule has 2 heterocycles. The van der Waals surface area contributed by atoms with E-state index in [9.17, 15) is 0 Å². The molecule has 1 saturated heterocycles. The molecule has 0 aliphatic carbocycles. The molecule has 96 valence electrons. The summed E-state index contributed by atoms with van der Waals surface area (Å²) in [6.07, 6.45) is 2.66. The summed E-state index contributed by atoms with van der Waals surface area (Å²) in [6.45, 7) is 2.41. The van der Waals surface area contributed by atoms with E-state index in [1.165, 1.54) is 34.2 Å². The molecule has 0 bridgehead atoms. The molecule has 0 saturated carbocycles. The maximum atomic E-state index is 3.57. The predicted molar refractivity (Wildman–Crippen MR) is 83.7 cm³/mol. The van der Waals surface area contributed by atoms with Gasteiger partial charge >= 0.3 is 0 Å². The third-order valence-electron chi connectivity index (χ3n) is 3.97. The summed E-state index contributed by atoms with van der Waals surface area (Å²) in [4.78, 5) is 0. The quantitative estimate of drug-likeness (QED) is 0.889. The van der Waals surface area contributed by atoms with Crippen LogP contribution in [0, 0.1) is 0 Å². The van der Waals surface area contributed by atoms with Gasteiger partial charge in [0.1, 0.15) is 0 Å². The molecule has 0 radical (unpaired) electrons. The van der Waals surface area contributed by atoms with Gasteiger partial charge in [-0.15, -0.1) is 11.3 Å². The average Bonchev–Trinajstić information content (AvgIpc) is 2.99. The number of hydrogen-bond donors (Lipinski definition) is 1. The van der Waals surface area contributed by atoms with Gasteiger partial charge in [0.15, 0.2) is 0 Å². The van der Waals surface area contributed by atoms with Crippen LogP contribution in [0.5, 0.6) is 0 Å². The van der Waals surface area contributed by atoms with E-state index in [1.54, 1.807) is 0 Å². The number of rotatable bonds is 3. The molecule has 0 amide bonds. The molecule has 1 aliphatic rings. The van der Waals surface area contributed by atoms with Crippen molar-refractivity contribution in [3.05, 3.63) is 35.2 Å². The van der Waals surface area contributed by atoms with Crippen LogP contribution in [0.25, 0.3) is 10.1 Å². The molecule has 1 N–H and O–H groups in total. The molecule has 18 heavy (non-hydrogen) atoms. The van der Waals surface area contributed by atoms with Crippen LogP contribution >= 0.6 is 23.1 Å². The minimum absolute atomic E-state index is 0.340. The Morgan fingerprint density at radius 2 is 2.22 bits per heavy atom. The van der Waals surface area contributed by atoms with Crippen LogP contribution in [0.2, 0.25) is 0 Å². The summed E-state index contributed by atoms with van der Waals surface area (Å²) in [6, 6.07) is 9.38. The molecule has 2 aromatic rings. The fourth-order valence-corrected chi connectivity index (χ4v) is 5.46. The normalized spacial score (nSPS) is 25.7. The standard InChI is InChI=1S/C15H19NS2/c1-15(8-4-9-18-15)14(16-2)12-6-3-5-11-7-10-17-13(11)12/h3,5-7,10,14,16H,4,8-9H2,1-2H3. The van der Waals surface area contributed by atoms with Crippen LogP contribution in [-0.4, -0.2) is 17.5 Å². The van der Waals surface area contributed by atoms with Gasteiger partial charge in [-0.25, -0.2) is 0 Å². The van der Waals surface area contributed by atoms with Crippen molar-refractivity contribution >= 4 is 33.2 Å². The number of hydrogen-bond acceptors (Lipinski definition) is 3. The zero-order valence-electron chi connectivity index (χ0n) is 10.9. The zero-order chi connectivity index (χ0) is 12.6. The average molecular weight is 277 g/mol. The van der Waals surface area contributed by atoms with E-state index < -0.39 is 0 Å². The summed E-state index contributed by atoms with van der Waals surface area (Å²) in [5, 5.41) is 7.15. The van der Waals surface area contributed by atoms with E-state index in [1.807, 2.05) is 11.3 Å². The van der Waals surface area contributed by atoms with Gasteiger partial charge in [0, 0.05) is 15.5 Å².